The molecule has 0 radical (unpaired) electrons. The number of likely N-dealkylation sites (tertiary alicyclic amines) is 1. The lowest BCUT2D eigenvalue weighted by molar-refractivity contribution is -0.134. The van der Waals surface area contributed by atoms with Crippen molar-refractivity contribution < 1.29 is 4.79 Å². The molecule has 0 spiro atoms. The molecule has 2 aromatic rings. The first-order chi connectivity index (χ1) is 12.8. The molecule has 2 heterocycles. The summed E-state index contributed by atoms with van der Waals surface area (Å²) in [6.07, 6.45) is 3.98. The Hall–Kier alpha value is -2.13. The molecule has 0 aromatic heterocycles. The first-order valence-electron chi connectivity index (χ1n) is 9.91. The van der Waals surface area contributed by atoms with Gasteiger partial charge in [-0.3, -0.25) is 9.69 Å². The second kappa shape index (κ2) is 8.05. The lowest BCUT2D eigenvalue weighted by atomic mass is 9.89. The Balaban J connectivity index is 1.23. The molecule has 1 saturated heterocycles. The van der Waals surface area contributed by atoms with E-state index >= 15 is 0 Å². The number of hydrogen-bond donors (Lipinski definition) is 0. The van der Waals surface area contributed by atoms with E-state index in [4.69, 9.17) is 0 Å². The molecule has 1 fully saturated rings. The highest BCUT2D eigenvalue weighted by Crippen LogP contribution is 2.28. The molecule has 2 aliphatic heterocycles. The highest BCUT2D eigenvalue weighted by Gasteiger charge is 2.26. The zero-order valence-corrected chi connectivity index (χ0v) is 15.4. The van der Waals surface area contributed by atoms with Gasteiger partial charge < -0.3 is 4.90 Å². The van der Waals surface area contributed by atoms with Crippen LogP contribution in [0.1, 0.15) is 41.9 Å². The van der Waals surface area contributed by atoms with E-state index in [1.807, 2.05) is 6.07 Å². The number of benzene rings is 2. The summed E-state index contributed by atoms with van der Waals surface area (Å²) in [7, 11) is 0. The monoisotopic (exact) mass is 348 g/mol. The number of hydrogen-bond acceptors (Lipinski definition) is 2. The number of carbonyl (C=O) groups is 1. The van der Waals surface area contributed by atoms with Gasteiger partial charge in [0.2, 0.25) is 5.91 Å². The van der Waals surface area contributed by atoms with Gasteiger partial charge in [0.05, 0.1) is 0 Å². The van der Waals surface area contributed by atoms with Crippen LogP contribution >= 0.6 is 0 Å². The predicted octanol–water partition coefficient (Wildman–Crippen LogP) is 3.84. The maximum atomic E-state index is 12.5. The zero-order chi connectivity index (χ0) is 17.8. The highest BCUT2D eigenvalue weighted by molar-refractivity contribution is 5.78. The van der Waals surface area contributed by atoms with Crippen LogP contribution < -0.4 is 0 Å². The number of nitrogens with zero attached hydrogens (tertiary/aromatic N) is 2. The fourth-order valence-corrected chi connectivity index (χ4v) is 4.35. The Morgan fingerprint density at radius 3 is 2.46 bits per heavy atom. The van der Waals surface area contributed by atoms with Gasteiger partial charge >= 0.3 is 0 Å². The van der Waals surface area contributed by atoms with Crippen molar-refractivity contribution in [1.82, 2.24) is 9.80 Å². The molecule has 3 nitrogen and oxygen atoms in total. The molecule has 4 rings (SSSR count). The lowest BCUT2D eigenvalue weighted by Crippen LogP contribution is -2.40. The van der Waals surface area contributed by atoms with E-state index in [1.54, 1.807) is 0 Å². The van der Waals surface area contributed by atoms with E-state index in [1.165, 1.54) is 16.7 Å². The van der Waals surface area contributed by atoms with Crippen molar-refractivity contribution in [2.45, 2.75) is 38.1 Å². The van der Waals surface area contributed by atoms with Crippen molar-refractivity contribution in [1.29, 1.82) is 0 Å². The quantitative estimate of drug-likeness (QED) is 0.820. The maximum Gasteiger partial charge on any atom is 0.223 e. The first-order valence-corrected chi connectivity index (χ1v) is 9.91. The number of rotatable bonds is 5. The molecule has 0 saturated carbocycles. The third-order valence-corrected chi connectivity index (χ3v) is 5.90. The molecule has 0 aliphatic carbocycles. The van der Waals surface area contributed by atoms with Crippen LogP contribution in [0.5, 0.6) is 0 Å². The molecule has 2 aromatic carbocycles. The van der Waals surface area contributed by atoms with Gasteiger partial charge in [0, 0.05) is 39.1 Å². The van der Waals surface area contributed by atoms with Crippen molar-refractivity contribution >= 4 is 5.91 Å². The SMILES string of the molecule is O=C1CC(c2ccccc2)CCN1CCCN1CCc2ccccc2C1. The van der Waals surface area contributed by atoms with Gasteiger partial charge in [-0.25, -0.2) is 0 Å². The van der Waals surface area contributed by atoms with Gasteiger partial charge in [0.25, 0.3) is 0 Å². The summed E-state index contributed by atoms with van der Waals surface area (Å²) < 4.78 is 0. The molecular weight excluding hydrogens is 320 g/mol. The molecule has 1 unspecified atom stereocenters. The number of amides is 1. The minimum Gasteiger partial charge on any atom is -0.343 e. The first kappa shape index (κ1) is 17.3. The van der Waals surface area contributed by atoms with Crippen LogP contribution in [-0.2, 0) is 17.8 Å². The summed E-state index contributed by atoms with van der Waals surface area (Å²) in [6.45, 7) is 5.08. The average molecular weight is 348 g/mol. The molecule has 0 bridgehead atoms. The summed E-state index contributed by atoms with van der Waals surface area (Å²) in [5, 5.41) is 0. The number of carbonyl (C=O) groups excluding carboxylic acids is 1. The zero-order valence-electron chi connectivity index (χ0n) is 15.4. The summed E-state index contributed by atoms with van der Waals surface area (Å²) in [6, 6.07) is 19.3. The summed E-state index contributed by atoms with van der Waals surface area (Å²) >= 11 is 0. The highest BCUT2D eigenvalue weighted by atomic mass is 16.2. The average Bonchev–Trinajstić information content (AvgIpc) is 2.70. The minimum absolute atomic E-state index is 0.328. The Morgan fingerprint density at radius 2 is 1.65 bits per heavy atom. The fraction of sp³-hybridized carbons (Fsp3) is 0.435. The summed E-state index contributed by atoms with van der Waals surface area (Å²) in [4.78, 5) is 17.1. The second-order valence-electron chi connectivity index (χ2n) is 7.63. The van der Waals surface area contributed by atoms with Crippen LogP contribution in [0.3, 0.4) is 0 Å². The lowest BCUT2D eigenvalue weighted by Gasteiger charge is -2.33. The molecular formula is C23H28N2O. The van der Waals surface area contributed by atoms with Crippen LogP contribution in [0.2, 0.25) is 0 Å². The van der Waals surface area contributed by atoms with E-state index in [-0.39, 0.29) is 0 Å². The Labute approximate surface area is 156 Å². The van der Waals surface area contributed by atoms with Crippen molar-refractivity contribution in [2.24, 2.45) is 0 Å². The molecule has 1 amide bonds. The van der Waals surface area contributed by atoms with E-state index < -0.39 is 0 Å². The van der Waals surface area contributed by atoms with Gasteiger partial charge in [0.15, 0.2) is 0 Å². The fourth-order valence-electron chi connectivity index (χ4n) is 4.35. The summed E-state index contributed by atoms with van der Waals surface area (Å²) in [5.74, 6) is 0.729. The molecule has 2 aliphatic rings. The van der Waals surface area contributed by atoms with Gasteiger partial charge in [-0.15, -0.1) is 0 Å². The van der Waals surface area contributed by atoms with E-state index in [0.717, 1.165) is 52.0 Å². The normalized spacial score (nSPS) is 20.8. The van der Waals surface area contributed by atoms with Gasteiger partial charge in [0.1, 0.15) is 0 Å². The maximum absolute atomic E-state index is 12.5. The van der Waals surface area contributed by atoms with Crippen molar-refractivity contribution in [3.63, 3.8) is 0 Å². The largest absolute Gasteiger partial charge is 0.343 e. The van der Waals surface area contributed by atoms with E-state index in [0.29, 0.717) is 18.2 Å². The smallest absolute Gasteiger partial charge is 0.223 e. The Morgan fingerprint density at radius 1 is 0.885 bits per heavy atom. The van der Waals surface area contributed by atoms with Crippen molar-refractivity contribution in [3.8, 4) is 0 Å². The van der Waals surface area contributed by atoms with Crippen LogP contribution in [0.15, 0.2) is 54.6 Å². The number of fused-ring (bicyclic) bond motifs is 1. The van der Waals surface area contributed by atoms with Crippen molar-refractivity contribution in [3.05, 3.63) is 71.3 Å². The summed E-state index contributed by atoms with van der Waals surface area (Å²) in [5.41, 5.74) is 4.29. The third-order valence-electron chi connectivity index (χ3n) is 5.90. The second-order valence-corrected chi connectivity index (χ2v) is 7.63. The Bertz CT molecular complexity index is 743. The number of piperidine rings is 1. The van der Waals surface area contributed by atoms with Gasteiger partial charge in [-0.05, 0) is 41.9 Å². The van der Waals surface area contributed by atoms with Crippen LogP contribution in [0.4, 0.5) is 0 Å². The molecule has 136 valence electrons. The predicted molar refractivity (Wildman–Crippen MR) is 105 cm³/mol. The minimum atomic E-state index is 0.328. The molecule has 3 heteroatoms. The van der Waals surface area contributed by atoms with E-state index in [2.05, 4.69) is 58.3 Å². The van der Waals surface area contributed by atoms with Crippen LogP contribution in [0, 0.1) is 0 Å². The van der Waals surface area contributed by atoms with Crippen molar-refractivity contribution in [2.75, 3.05) is 26.2 Å². The van der Waals surface area contributed by atoms with Crippen LogP contribution in [0.25, 0.3) is 0 Å². The van der Waals surface area contributed by atoms with Gasteiger partial charge in [-0.1, -0.05) is 54.6 Å². The standard InChI is InChI=1S/C23H28N2O/c26-23-17-21(19-7-2-1-3-8-19)12-16-25(23)14-6-13-24-15-11-20-9-4-5-10-22(20)18-24/h1-5,7-10,21H,6,11-18H2. The van der Waals surface area contributed by atoms with Gasteiger partial charge in [-0.2, -0.15) is 0 Å². The molecule has 0 N–H and O–H groups in total. The Kier molecular flexibility index (Phi) is 5.35. The third kappa shape index (κ3) is 3.99. The topological polar surface area (TPSA) is 23.6 Å². The van der Waals surface area contributed by atoms with E-state index in [9.17, 15) is 4.79 Å². The van der Waals surface area contributed by atoms with Crippen LogP contribution in [-0.4, -0.2) is 41.9 Å². The molecule has 1 atom stereocenters. The molecule has 26 heavy (non-hydrogen) atoms.